The Balaban J connectivity index is 2.46. The molecule has 0 radical (unpaired) electrons. The third-order valence-corrected chi connectivity index (χ3v) is 2.68. The summed E-state index contributed by atoms with van der Waals surface area (Å²) in [6.07, 6.45) is -0.636. The standard InChI is InChI=1S/C11H11ClN2O3/c1-6-11(16)14(5-10(13)15)8-4-7(12)2-3-9(8)17-6/h2-4,6H,5H2,1H3,(H2,13,15). The molecule has 17 heavy (non-hydrogen) atoms. The molecule has 1 atom stereocenters. The number of rotatable bonds is 2. The van der Waals surface area contributed by atoms with Crippen molar-refractivity contribution in [3.8, 4) is 5.75 Å². The molecule has 5 nitrogen and oxygen atoms in total. The molecule has 0 saturated carbocycles. The molecule has 2 amide bonds. The second-order valence-electron chi connectivity index (χ2n) is 3.76. The molecule has 6 heteroatoms. The van der Waals surface area contributed by atoms with E-state index < -0.39 is 12.0 Å². The van der Waals surface area contributed by atoms with Crippen molar-refractivity contribution in [3.05, 3.63) is 23.2 Å². The highest BCUT2D eigenvalue weighted by Crippen LogP contribution is 2.35. The highest BCUT2D eigenvalue weighted by atomic mass is 35.5. The zero-order valence-corrected chi connectivity index (χ0v) is 9.90. The highest BCUT2D eigenvalue weighted by Gasteiger charge is 2.32. The van der Waals surface area contributed by atoms with Gasteiger partial charge in [-0.2, -0.15) is 0 Å². The molecule has 0 aromatic heterocycles. The molecule has 2 N–H and O–H groups in total. The van der Waals surface area contributed by atoms with Crippen molar-refractivity contribution in [3.63, 3.8) is 0 Å². The number of carbonyl (C=O) groups excluding carboxylic acids is 2. The van der Waals surface area contributed by atoms with E-state index in [1.54, 1.807) is 25.1 Å². The minimum atomic E-state index is -0.636. The minimum absolute atomic E-state index is 0.181. The van der Waals surface area contributed by atoms with Gasteiger partial charge in [-0.15, -0.1) is 0 Å². The van der Waals surface area contributed by atoms with Crippen LogP contribution < -0.4 is 15.4 Å². The Morgan fingerprint density at radius 3 is 2.94 bits per heavy atom. The molecule has 2 rings (SSSR count). The lowest BCUT2D eigenvalue weighted by Crippen LogP contribution is -2.47. The van der Waals surface area contributed by atoms with Crippen LogP contribution in [0.3, 0.4) is 0 Å². The van der Waals surface area contributed by atoms with Gasteiger partial charge in [-0.3, -0.25) is 14.5 Å². The zero-order chi connectivity index (χ0) is 12.6. The Labute approximate surface area is 103 Å². The van der Waals surface area contributed by atoms with Crippen LogP contribution in [-0.2, 0) is 9.59 Å². The quantitative estimate of drug-likeness (QED) is 0.854. The average Bonchev–Trinajstić information content (AvgIpc) is 2.25. The molecule has 0 fully saturated rings. The summed E-state index contributed by atoms with van der Waals surface area (Å²) in [6.45, 7) is 1.44. The van der Waals surface area contributed by atoms with Crippen molar-refractivity contribution >= 4 is 29.1 Å². The van der Waals surface area contributed by atoms with Gasteiger partial charge >= 0.3 is 0 Å². The van der Waals surface area contributed by atoms with Gasteiger partial charge in [0.1, 0.15) is 12.3 Å². The number of carbonyl (C=O) groups is 2. The van der Waals surface area contributed by atoms with E-state index in [9.17, 15) is 9.59 Å². The maximum absolute atomic E-state index is 11.9. The van der Waals surface area contributed by atoms with Crippen molar-refractivity contribution in [2.75, 3.05) is 11.4 Å². The number of fused-ring (bicyclic) bond motifs is 1. The Bertz CT molecular complexity index is 490. The fourth-order valence-corrected chi connectivity index (χ4v) is 1.87. The molecule has 1 aliphatic heterocycles. The van der Waals surface area contributed by atoms with Gasteiger partial charge in [0.25, 0.3) is 5.91 Å². The smallest absolute Gasteiger partial charge is 0.268 e. The Morgan fingerprint density at radius 2 is 2.29 bits per heavy atom. The summed E-state index contributed by atoms with van der Waals surface area (Å²) >= 11 is 5.85. The molecule has 0 saturated heterocycles. The van der Waals surface area contributed by atoms with Gasteiger partial charge in [0.2, 0.25) is 5.91 Å². The number of nitrogens with zero attached hydrogens (tertiary/aromatic N) is 1. The van der Waals surface area contributed by atoms with E-state index in [4.69, 9.17) is 22.1 Å². The fourth-order valence-electron chi connectivity index (χ4n) is 1.70. The minimum Gasteiger partial charge on any atom is -0.479 e. The van der Waals surface area contributed by atoms with Crippen LogP contribution in [0.5, 0.6) is 5.75 Å². The van der Waals surface area contributed by atoms with Crippen molar-refractivity contribution in [1.82, 2.24) is 0 Å². The summed E-state index contributed by atoms with van der Waals surface area (Å²) in [5.41, 5.74) is 5.59. The predicted octanol–water partition coefficient (Wildman–Crippen LogP) is 0.939. The maximum atomic E-state index is 11.9. The van der Waals surface area contributed by atoms with E-state index in [2.05, 4.69) is 0 Å². The van der Waals surface area contributed by atoms with Gasteiger partial charge < -0.3 is 10.5 Å². The Hall–Kier alpha value is -1.75. The second-order valence-corrected chi connectivity index (χ2v) is 4.20. The van der Waals surface area contributed by atoms with E-state index in [0.29, 0.717) is 16.5 Å². The van der Waals surface area contributed by atoms with Crippen LogP contribution in [0, 0.1) is 0 Å². The molecule has 1 aromatic carbocycles. The van der Waals surface area contributed by atoms with Crippen LogP contribution in [0.15, 0.2) is 18.2 Å². The highest BCUT2D eigenvalue weighted by molar-refractivity contribution is 6.31. The number of hydrogen-bond acceptors (Lipinski definition) is 3. The van der Waals surface area contributed by atoms with Crippen molar-refractivity contribution in [2.45, 2.75) is 13.0 Å². The summed E-state index contributed by atoms with van der Waals surface area (Å²) < 4.78 is 5.41. The average molecular weight is 255 g/mol. The Kier molecular flexibility index (Phi) is 2.93. The molecule has 1 heterocycles. The van der Waals surface area contributed by atoms with E-state index in [0.717, 1.165) is 0 Å². The fraction of sp³-hybridized carbons (Fsp3) is 0.273. The van der Waals surface area contributed by atoms with E-state index in [1.165, 1.54) is 4.90 Å². The number of ether oxygens (including phenoxy) is 1. The second kappa shape index (κ2) is 4.25. The van der Waals surface area contributed by atoms with Gasteiger partial charge in [0.05, 0.1) is 5.69 Å². The lowest BCUT2D eigenvalue weighted by Gasteiger charge is -2.32. The molecule has 1 aromatic rings. The number of benzene rings is 1. The third kappa shape index (κ3) is 2.19. The summed E-state index contributed by atoms with van der Waals surface area (Å²) in [4.78, 5) is 24.1. The van der Waals surface area contributed by atoms with Gasteiger partial charge in [0, 0.05) is 5.02 Å². The first-order chi connectivity index (χ1) is 7.99. The van der Waals surface area contributed by atoms with Crippen LogP contribution in [0.25, 0.3) is 0 Å². The van der Waals surface area contributed by atoms with Gasteiger partial charge in [-0.05, 0) is 25.1 Å². The molecule has 0 spiro atoms. The van der Waals surface area contributed by atoms with Crippen molar-refractivity contribution in [2.24, 2.45) is 5.73 Å². The topological polar surface area (TPSA) is 72.6 Å². The summed E-state index contributed by atoms with van der Waals surface area (Å²) in [7, 11) is 0. The number of hydrogen-bond donors (Lipinski definition) is 1. The summed E-state index contributed by atoms with van der Waals surface area (Å²) in [5.74, 6) is -0.375. The molecule has 0 aliphatic carbocycles. The number of amides is 2. The number of primary amides is 1. The van der Waals surface area contributed by atoms with Crippen LogP contribution in [0.2, 0.25) is 5.02 Å². The first-order valence-corrected chi connectivity index (χ1v) is 5.42. The number of nitrogens with two attached hydrogens (primary N) is 1. The molecule has 1 unspecified atom stereocenters. The first-order valence-electron chi connectivity index (χ1n) is 5.05. The lowest BCUT2D eigenvalue weighted by molar-refractivity contribution is -0.127. The molecule has 0 bridgehead atoms. The van der Waals surface area contributed by atoms with E-state index >= 15 is 0 Å². The maximum Gasteiger partial charge on any atom is 0.268 e. The number of anilines is 1. The molecular formula is C11H11ClN2O3. The van der Waals surface area contributed by atoms with E-state index in [-0.39, 0.29) is 12.5 Å². The van der Waals surface area contributed by atoms with E-state index in [1.807, 2.05) is 0 Å². The summed E-state index contributed by atoms with van der Waals surface area (Å²) in [6, 6.07) is 4.89. The predicted molar refractivity (Wildman–Crippen MR) is 63.1 cm³/mol. The zero-order valence-electron chi connectivity index (χ0n) is 9.14. The number of halogens is 1. The largest absolute Gasteiger partial charge is 0.479 e. The first kappa shape index (κ1) is 11.7. The monoisotopic (exact) mass is 254 g/mol. The van der Waals surface area contributed by atoms with Crippen molar-refractivity contribution in [1.29, 1.82) is 0 Å². The molecule has 90 valence electrons. The van der Waals surface area contributed by atoms with Crippen LogP contribution >= 0.6 is 11.6 Å². The van der Waals surface area contributed by atoms with Crippen molar-refractivity contribution < 1.29 is 14.3 Å². The SMILES string of the molecule is CC1Oc2ccc(Cl)cc2N(CC(N)=O)C1=O. The molecule has 1 aliphatic rings. The Morgan fingerprint density at radius 1 is 1.59 bits per heavy atom. The van der Waals surface area contributed by atoms with Gasteiger partial charge in [0.15, 0.2) is 6.10 Å². The summed E-state index contributed by atoms with van der Waals surface area (Å²) in [5, 5.41) is 0.462. The van der Waals surface area contributed by atoms with Crippen LogP contribution in [0.1, 0.15) is 6.92 Å². The van der Waals surface area contributed by atoms with Gasteiger partial charge in [-0.1, -0.05) is 11.6 Å². The van der Waals surface area contributed by atoms with Gasteiger partial charge in [-0.25, -0.2) is 0 Å². The van der Waals surface area contributed by atoms with Crippen LogP contribution in [-0.4, -0.2) is 24.5 Å². The molecular weight excluding hydrogens is 244 g/mol. The normalized spacial score (nSPS) is 18.6. The van der Waals surface area contributed by atoms with Crippen LogP contribution in [0.4, 0.5) is 5.69 Å². The third-order valence-electron chi connectivity index (χ3n) is 2.44. The lowest BCUT2D eigenvalue weighted by atomic mass is 10.2.